The first-order valence-corrected chi connectivity index (χ1v) is 13.2. The van der Waals surface area contributed by atoms with Crippen LogP contribution in [0.2, 0.25) is 0 Å². The Hall–Kier alpha value is -2.63. The topological polar surface area (TPSA) is 101 Å². The van der Waals surface area contributed by atoms with Crippen molar-refractivity contribution >= 4 is 49.8 Å². The lowest BCUT2D eigenvalue weighted by Gasteiger charge is -2.24. The van der Waals surface area contributed by atoms with Crippen molar-refractivity contribution in [2.45, 2.75) is 30.0 Å². The number of nitrogens with one attached hydrogen (secondary N) is 1. The number of sulfonamides is 1. The number of rotatable bonds is 10. The zero-order valence-electron chi connectivity index (χ0n) is 17.9. The molecule has 0 bridgehead atoms. The van der Waals surface area contributed by atoms with Crippen molar-refractivity contribution in [3.63, 3.8) is 0 Å². The van der Waals surface area contributed by atoms with E-state index in [1.54, 1.807) is 36.4 Å². The Bertz CT molecular complexity index is 1150. The third kappa shape index (κ3) is 5.99. The second kappa shape index (κ2) is 10.8. The fourth-order valence-corrected chi connectivity index (χ4v) is 5.85. The zero-order chi connectivity index (χ0) is 23.1. The van der Waals surface area contributed by atoms with Crippen LogP contribution < -0.4 is 14.4 Å². The summed E-state index contributed by atoms with van der Waals surface area (Å²) < 4.78 is 34.1. The third-order valence-corrected chi connectivity index (χ3v) is 7.89. The van der Waals surface area contributed by atoms with E-state index in [4.69, 9.17) is 4.74 Å². The summed E-state index contributed by atoms with van der Waals surface area (Å²) in [6, 6.07) is 13.1. The van der Waals surface area contributed by atoms with Gasteiger partial charge in [0.25, 0.3) is 10.0 Å². The highest BCUT2D eigenvalue weighted by Gasteiger charge is 2.27. The van der Waals surface area contributed by atoms with Crippen LogP contribution in [-0.2, 0) is 14.8 Å². The van der Waals surface area contributed by atoms with Gasteiger partial charge in [0.15, 0.2) is 4.34 Å². The van der Waals surface area contributed by atoms with Crippen LogP contribution in [-0.4, -0.2) is 43.4 Å². The van der Waals surface area contributed by atoms with Crippen molar-refractivity contribution in [1.82, 2.24) is 10.2 Å². The Balaban J connectivity index is 1.87. The molecule has 0 unspecified atom stereocenters. The molecule has 8 nitrogen and oxygen atoms in total. The van der Waals surface area contributed by atoms with Gasteiger partial charge in [-0.3, -0.25) is 14.4 Å². The second-order valence-electron chi connectivity index (χ2n) is 6.61. The van der Waals surface area contributed by atoms with Crippen LogP contribution in [0, 0.1) is 6.92 Å². The van der Waals surface area contributed by atoms with Crippen molar-refractivity contribution in [1.29, 1.82) is 0 Å². The quantitative estimate of drug-likeness (QED) is 0.334. The summed E-state index contributed by atoms with van der Waals surface area (Å²) in [6.07, 6.45) is 0. The highest BCUT2D eigenvalue weighted by Crippen LogP contribution is 2.27. The first-order chi connectivity index (χ1) is 15.3. The molecule has 0 saturated carbocycles. The van der Waals surface area contributed by atoms with E-state index >= 15 is 0 Å². The van der Waals surface area contributed by atoms with Gasteiger partial charge in [0.1, 0.15) is 12.3 Å². The summed E-state index contributed by atoms with van der Waals surface area (Å²) in [5.74, 6) is 0.900. The molecule has 0 saturated heterocycles. The SMILES string of the molecule is CCOc1ccc(S(=O)(=O)N(CC(=O)Nc2nnc(SCC)s2)c2ccc(C)cc2)cc1. The van der Waals surface area contributed by atoms with E-state index < -0.39 is 22.5 Å². The van der Waals surface area contributed by atoms with Gasteiger partial charge in [-0.2, -0.15) is 0 Å². The van der Waals surface area contributed by atoms with E-state index in [9.17, 15) is 13.2 Å². The zero-order valence-corrected chi connectivity index (χ0v) is 20.4. The van der Waals surface area contributed by atoms with Crippen LogP contribution in [0.4, 0.5) is 10.8 Å². The second-order valence-corrected chi connectivity index (χ2v) is 11.0. The molecule has 0 spiro atoms. The molecular weight excluding hydrogens is 468 g/mol. The van der Waals surface area contributed by atoms with Gasteiger partial charge in [-0.25, -0.2) is 8.42 Å². The minimum Gasteiger partial charge on any atom is -0.494 e. The number of thioether (sulfide) groups is 1. The van der Waals surface area contributed by atoms with E-state index in [1.165, 1.54) is 35.2 Å². The monoisotopic (exact) mass is 492 g/mol. The lowest BCUT2D eigenvalue weighted by atomic mass is 10.2. The summed E-state index contributed by atoms with van der Waals surface area (Å²) in [4.78, 5) is 12.8. The summed E-state index contributed by atoms with van der Waals surface area (Å²) in [7, 11) is -4.01. The number of hydrogen-bond acceptors (Lipinski definition) is 8. The average Bonchev–Trinajstić information content (AvgIpc) is 3.20. The Morgan fingerprint density at radius 2 is 1.78 bits per heavy atom. The van der Waals surface area contributed by atoms with Gasteiger partial charge in [-0.1, -0.05) is 47.7 Å². The number of aryl methyl sites for hydroxylation is 1. The van der Waals surface area contributed by atoms with Crippen LogP contribution in [0.3, 0.4) is 0 Å². The molecule has 0 aliphatic heterocycles. The molecule has 32 heavy (non-hydrogen) atoms. The minimum absolute atomic E-state index is 0.0619. The number of anilines is 2. The maximum atomic E-state index is 13.4. The molecule has 1 heterocycles. The molecule has 170 valence electrons. The number of nitrogens with zero attached hydrogens (tertiary/aromatic N) is 3. The lowest BCUT2D eigenvalue weighted by molar-refractivity contribution is -0.114. The molecular formula is C21H24N4O4S3. The van der Waals surface area contributed by atoms with Crippen LogP contribution >= 0.6 is 23.1 Å². The highest BCUT2D eigenvalue weighted by molar-refractivity contribution is 8.01. The van der Waals surface area contributed by atoms with Crippen LogP contribution in [0.15, 0.2) is 57.8 Å². The Morgan fingerprint density at radius 3 is 2.41 bits per heavy atom. The Kier molecular flexibility index (Phi) is 8.10. The van der Waals surface area contributed by atoms with Gasteiger partial charge in [0.05, 0.1) is 17.2 Å². The fraction of sp³-hybridized carbons (Fsp3) is 0.286. The number of carbonyl (C=O) groups excluding carboxylic acids is 1. The highest BCUT2D eigenvalue weighted by atomic mass is 32.2. The molecule has 0 atom stereocenters. The lowest BCUT2D eigenvalue weighted by Crippen LogP contribution is -2.38. The van der Waals surface area contributed by atoms with Crippen molar-refractivity contribution in [3.05, 3.63) is 54.1 Å². The summed E-state index contributed by atoms with van der Waals surface area (Å²) in [5, 5.41) is 10.9. The van der Waals surface area contributed by atoms with Gasteiger partial charge in [0.2, 0.25) is 11.0 Å². The van der Waals surface area contributed by atoms with E-state index in [2.05, 4.69) is 15.5 Å². The summed E-state index contributed by atoms with van der Waals surface area (Å²) in [5.41, 5.74) is 1.37. The Morgan fingerprint density at radius 1 is 1.09 bits per heavy atom. The van der Waals surface area contributed by atoms with E-state index in [-0.39, 0.29) is 4.90 Å². The van der Waals surface area contributed by atoms with Gasteiger partial charge in [-0.05, 0) is 56.0 Å². The number of aromatic nitrogens is 2. The van der Waals surface area contributed by atoms with E-state index in [1.807, 2.05) is 20.8 Å². The standard InChI is InChI=1S/C21H24N4O4S3/c1-4-29-17-10-12-18(13-11-17)32(27,28)25(16-8-6-15(3)7-9-16)14-19(26)22-20-23-24-21(31-20)30-5-2/h6-13H,4-5,14H2,1-3H3,(H,22,23,26). The predicted octanol–water partition coefficient (Wildman–Crippen LogP) is 4.19. The van der Waals surface area contributed by atoms with Crippen LogP contribution in [0.1, 0.15) is 19.4 Å². The largest absolute Gasteiger partial charge is 0.494 e. The van der Waals surface area contributed by atoms with Gasteiger partial charge in [0, 0.05) is 0 Å². The smallest absolute Gasteiger partial charge is 0.264 e. The van der Waals surface area contributed by atoms with Gasteiger partial charge >= 0.3 is 0 Å². The summed E-state index contributed by atoms with van der Waals surface area (Å²) >= 11 is 2.77. The number of hydrogen-bond donors (Lipinski definition) is 1. The maximum absolute atomic E-state index is 13.4. The Labute approximate surface area is 196 Å². The predicted molar refractivity (Wildman–Crippen MR) is 128 cm³/mol. The number of ether oxygens (including phenoxy) is 1. The first kappa shape index (κ1) is 24.0. The molecule has 3 rings (SSSR count). The molecule has 0 aliphatic carbocycles. The van der Waals surface area contributed by atoms with Crippen LogP contribution in [0.5, 0.6) is 5.75 Å². The van der Waals surface area contributed by atoms with Gasteiger partial charge in [-0.15, -0.1) is 10.2 Å². The van der Waals surface area contributed by atoms with E-state index in [0.29, 0.717) is 23.2 Å². The molecule has 1 N–H and O–H groups in total. The molecule has 2 aromatic carbocycles. The van der Waals surface area contributed by atoms with Crippen molar-refractivity contribution in [2.24, 2.45) is 0 Å². The molecule has 1 amide bonds. The minimum atomic E-state index is -4.01. The molecule has 0 fully saturated rings. The number of benzene rings is 2. The van der Waals surface area contributed by atoms with Crippen LogP contribution in [0.25, 0.3) is 0 Å². The first-order valence-electron chi connectivity index (χ1n) is 9.92. The summed E-state index contributed by atoms with van der Waals surface area (Å²) in [6.45, 7) is 5.82. The normalized spacial score (nSPS) is 11.2. The molecule has 3 aromatic rings. The van der Waals surface area contributed by atoms with Gasteiger partial charge < -0.3 is 4.74 Å². The number of amides is 1. The van der Waals surface area contributed by atoms with Crippen molar-refractivity contribution in [3.8, 4) is 5.75 Å². The molecule has 11 heteroatoms. The fourth-order valence-electron chi connectivity index (χ4n) is 2.76. The molecule has 1 aromatic heterocycles. The molecule has 0 radical (unpaired) electrons. The third-order valence-electron chi connectivity index (χ3n) is 4.25. The molecule has 0 aliphatic rings. The average molecular weight is 493 g/mol. The number of carbonyl (C=O) groups is 1. The van der Waals surface area contributed by atoms with E-state index in [0.717, 1.165) is 20.0 Å². The van der Waals surface area contributed by atoms with Crippen molar-refractivity contribution < 1.29 is 17.9 Å². The van der Waals surface area contributed by atoms with Crippen molar-refractivity contribution in [2.75, 3.05) is 28.5 Å². The maximum Gasteiger partial charge on any atom is 0.264 e.